The molecule has 1 rings (SSSR count). The van der Waals surface area contributed by atoms with Crippen molar-refractivity contribution < 1.29 is 4.79 Å². The van der Waals surface area contributed by atoms with Gasteiger partial charge in [0.15, 0.2) is 0 Å². The molecule has 1 saturated heterocycles. The normalized spacial score (nSPS) is 26.5. The highest BCUT2D eigenvalue weighted by atomic mass is 16.1. The summed E-state index contributed by atoms with van der Waals surface area (Å²) in [4.78, 5) is 16.4. The molecular weight excluding hydrogens is 188 g/mol. The van der Waals surface area contributed by atoms with Crippen LogP contribution in [0.25, 0.3) is 0 Å². The van der Waals surface area contributed by atoms with E-state index in [1.807, 2.05) is 13.8 Å². The fraction of sp³-hybridized carbons (Fsp3) is 0.917. The Morgan fingerprint density at radius 3 is 2.60 bits per heavy atom. The highest BCUT2D eigenvalue weighted by Gasteiger charge is 2.28. The van der Waals surface area contributed by atoms with Crippen molar-refractivity contribution in [3.8, 4) is 0 Å². The molecule has 0 aliphatic carbocycles. The maximum Gasteiger partial charge on any atom is 0.149 e. The number of ketones is 1. The summed E-state index contributed by atoms with van der Waals surface area (Å²) in [6.07, 6.45) is 1.82. The van der Waals surface area contributed by atoms with Crippen molar-refractivity contribution in [3.63, 3.8) is 0 Å². The lowest BCUT2D eigenvalue weighted by atomic mass is 10.1. The zero-order valence-electron chi connectivity index (χ0n) is 10.5. The Hall–Kier alpha value is -0.410. The van der Waals surface area contributed by atoms with Crippen molar-refractivity contribution >= 4 is 5.78 Å². The number of piperazine rings is 1. The molecule has 1 heterocycles. The van der Waals surface area contributed by atoms with Crippen molar-refractivity contribution in [2.75, 3.05) is 26.7 Å². The average Bonchev–Trinajstić information content (AvgIpc) is 2.27. The number of rotatable bonds is 4. The van der Waals surface area contributed by atoms with Gasteiger partial charge < -0.3 is 4.90 Å². The van der Waals surface area contributed by atoms with Crippen LogP contribution in [0.5, 0.6) is 0 Å². The van der Waals surface area contributed by atoms with Gasteiger partial charge in [-0.3, -0.25) is 9.69 Å². The summed E-state index contributed by atoms with van der Waals surface area (Å²) >= 11 is 0. The van der Waals surface area contributed by atoms with E-state index >= 15 is 0 Å². The molecule has 2 atom stereocenters. The van der Waals surface area contributed by atoms with Crippen LogP contribution in [0.1, 0.15) is 33.6 Å². The Morgan fingerprint density at radius 2 is 2.07 bits per heavy atom. The number of carbonyl (C=O) groups excluding carboxylic acids is 1. The number of nitrogens with zero attached hydrogens (tertiary/aromatic N) is 2. The van der Waals surface area contributed by atoms with Crippen LogP contribution in [0.15, 0.2) is 0 Å². The summed E-state index contributed by atoms with van der Waals surface area (Å²) in [5.74, 6) is 0.370. The number of Topliss-reactive ketones (excluding diaryl/α,β-unsaturated/α-hetero) is 1. The first kappa shape index (κ1) is 12.7. The van der Waals surface area contributed by atoms with Gasteiger partial charge in [-0.05, 0) is 20.4 Å². The first-order valence-electron chi connectivity index (χ1n) is 6.07. The molecular formula is C12H24N2O. The fourth-order valence-electron chi connectivity index (χ4n) is 2.26. The molecule has 1 fully saturated rings. The summed E-state index contributed by atoms with van der Waals surface area (Å²) in [6, 6.07) is 0.726. The van der Waals surface area contributed by atoms with Gasteiger partial charge >= 0.3 is 0 Å². The van der Waals surface area contributed by atoms with Crippen molar-refractivity contribution in [2.24, 2.45) is 0 Å². The number of likely N-dealkylation sites (N-methyl/N-ethyl adjacent to an activating group) is 1. The van der Waals surface area contributed by atoms with E-state index in [4.69, 9.17) is 0 Å². The highest BCUT2D eigenvalue weighted by molar-refractivity contribution is 5.83. The van der Waals surface area contributed by atoms with Crippen molar-refractivity contribution in [2.45, 2.75) is 45.7 Å². The van der Waals surface area contributed by atoms with Crippen molar-refractivity contribution in [1.29, 1.82) is 0 Å². The van der Waals surface area contributed by atoms with Crippen LogP contribution in [0.4, 0.5) is 0 Å². The number of hydrogen-bond donors (Lipinski definition) is 0. The molecule has 3 heteroatoms. The second-order valence-electron chi connectivity index (χ2n) is 4.53. The Morgan fingerprint density at radius 1 is 1.40 bits per heavy atom. The lowest BCUT2D eigenvalue weighted by Gasteiger charge is -2.41. The average molecular weight is 212 g/mol. The molecule has 15 heavy (non-hydrogen) atoms. The third-order valence-electron chi connectivity index (χ3n) is 3.64. The summed E-state index contributed by atoms with van der Waals surface area (Å²) < 4.78 is 0. The molecule has 0 amide bonds. The Kier molecular flexibility index (Phi) is 4.74. The fourth-order valence-corrected chi connectivity index (χ4v) is 2.26. The molecule has 0 spiro atoms. The lowest BCUT2D eigenvalue weighted by molar-refractivity contribution is -0.124. The molecule has 0 aromatic rings. The van der Waals surface area contributed by atoms with Crippen LogP contribution in [0, 0.1) is 0 Å². The molecule has 0 radical (unpaired) electrons. The minimum Gasteiger partial charge on any atom is -0.301 e. The predicted molar refractivity (Wildman–Crippen MR) is 63.0 cm³/mol. The topological polar surface area (TPSA) is 23.6 Å². The maximum atomic E-state index is 11.6. The first-order valence-corrected chi connectivity index (χ1v) is 6.07. The Labute approximate surface area is 93.4 Å². The second kappa shape index (κ2) is 5.61. The number of carbonyl (C=O) groups is 1. The monoisotopic (exact) mass is 212 g/mol. The molecule has 1 aliphatic heterocycles. The highest BCUT2D eigenvalue weighted by Crippen LogP contribution is 2.14. The van der Waals surface area contributed by atoms with Crippen LogP contribution in [-0.2, 0) is 4.79 Å². The van der Waals surface area contributed by atoms with Gasteiger partial charge in [0, 0.05) is 32.1 Å². The van der Waals surface area contributed by atoms with Crippen LogP contribution in [-0.4, -0.2) is 54.3 Å². The third kappa shape index (κ3) is 3.02. The Bertz CT molecular complexity index is 218. The van der Waals surface area contributed by atoms with Gasteiger partial charge in [0.25, 0.3) is 0 Å². The van der Waals surface area contributed by atoms with Crippen molar-refractivity contribution in [1.82, 2.24) is 9.80 Å². The van der Waals surface area contributed by atoms with Gasteiger partial charge in [0.05, 0.1) is 6.04 Å². The van der Waals surface area contributed by atoms with Crippen LogP contribution < -0.4 is 0 Å². The molecule has 88 valence electrons. The van der Waals surface area contributed by atoms with Gasteiger partial charge in [-0.25, -0.2) is 0 Å². The van der Waals surface area contributed by atoms with E-state index in [-0.39, 0.29) is 6.04 Å². The quantitative estimate of drug-likeness (QED) is 0.703. The van der Waals surface area contributed by atoms with Gasteiger partial charge in [-0.2, -0.15) is 0 Å². The molecule has 3 nitrogen and oxygen atoms in total. The van der Waals surface area contributed by atoms with E-state index in [1.165, 1.54) is 6.42 Å². The summed E-state index contributed by atoms with van der Waals surface area (Å²) in [6.45, 7) is 9.37. The van der Waals surface area contributed by atoms with E-state index in [0.29, 0.717) is 18.2 Å². The van der Waals surface area contributed by atoms with Crippen LogP contribution >= 0.6 is 0 Å². The minimum absolute atomic E-state index is 0.109. The van der Waals surface area contributed by atoms with E-state index in [1.54, 1.807) is 0 Å². The zero-order chi connectivity index (χ0) is 11.4. The van der Waals surface area contributed by atoms with Gasteiger partial charge in [0.1, 0.15) is 5.78 Å². The minimum atomic E-state index is 0.109. The Balaban J connectivity index is 2.54. The predicted octanol–water partition coefficient (Wildman–Crippen LogP) is 1.38. The smallest absolute Gasteiger partial charge is 0.149 e. The zero-order valence-corrected chi connectivity index (χ0v) is 10.5. The summed E-state index contributed by atoms with van der Waals surface area (Å²) in [5, 5.41) is 0. The van der Waals surface area contributed by atoms with E-state index in [0.717, 1.165) is 19.6 Å². The SMILES string of the molecule is CCC(=O)C(C)N1CCN(C)C(CC)C1. The molecule has 2 unspecified atom stereocenters. The molecule has 0 aromatic heterocycles. The lowest BCUT2D eigenvalue weighted by Crippen LogP contribution is -2.55. The van der Waals surface area contributed by atoms with Crippen molar-refractivity contribution in [3.05, 3.63) is 0 Å². The second-order valence-corrected chi connectivity index (χ2v) is 4.53. The van der Waals surface area contributed by atoms with Gasteiger partial charge in [0.2, 0.25) is 0 Å². The van der Waals surface area contributed by atoms with E-state index in [9.17, 15) is 4.79 Å². The van der Waals surface area contributed by atoms with E-state index < -0.39 is 0 Å². The first-order chi connectivity index (χ1) is 7.10. The summed E-state index contributed by atoms with van der Waals surface area (Å²) in [5.41, 5.74) is 0. The largest absolute Gasteiger partial charge is 0.301 e. The van der Waals surface area contributed by atoms with Crippen LogP contribution in [0.3, 0.4) is 0 Å². The van der Waals surface area contributed by atoms with Gasteiger partial charge in [-0.1, -0.05) is 13.8 Å². The number of hydrogen-bond acceptors (Lipinski definition) is 3. The van der Waals surface area contributed by atoms with E-state index in [2.05, 4.69) is 23.8 Å². The summed E-state index contributed by atoms with van der Waals surface area (Å²) in [7, 11) is 2.18. The molecule has 0 N–H and O–H groups in total. The molecule has 0 bridgehead atoms. The van der Waals surface area contributed by atoms with Crippen LogP contribution in [0.2, 0.25) is 0 Å². The van der Waals surface area contributed by atoms with Gasteiger partial charge in [-0.15, -0.1) is 0 Å². The molecule has 1 aliphatic rings. The standard InChI is InChI=1S/C12H24N2O/c1-5-11-9-14(8-7-13(11)4)10(3)12(15)6-2/h10-11H,5-9H2,1-4H3. The maximum absolute atomic E-state index is 11.6. The molecule has 0 aromatic carbocycles. The third-order valence-corrected chi connectivity index (χ3v) is 3.64. The molecule has 0 saturated carbocycles.